The molecule has 2 aromatic rings. The zero-order valence-corrected chi connectivity index (χ0v) is 21.6. The summed E-state index contributed by atoms with van der Waals surface area (Å²) in [5.74, 6) is -6.54. The van der Waals surface area contributed by atoms with Gasteiger partial charge in [0.05, 0.1) is 12.8 Å². The summed E-state index contributed by atoms with van der Waals surface area (Å²) in [5, 5.41) is 32.6. The van der Waals surface area contributed by atoms with Crippen molar-refractivity contribution >= 4 is 48.7 Å². The number of rotatable bonds is 9. The van der Waals surface area contributed by atoms with E-state index in [9.17, 15) is 41.7 Å². The van der Waals surface area contributed by atoms with Crippen molar-refractivity contribution in [1.82, 2.24) is 0 Å². The van der Waals surface area contributed by atoms with Crippen LogP contribution >= 0.6 is 0 Å². The molecule has 0 unspecified atom stereocenters. The summed E-state index contributed by atoms with van der Waals surface area (Å²) in [5.41, 5.74) is 2.61. The van der Waals surface area contributed by atoms with Gasteiger partial charge in [0.25, 0.3) is 0 Å². The van der Waals surface area contributed by atoms with E-state index in [0.29, 0.717) is 5.69 Å². The Morgan fingerprint density at radius 2 is 1.22 bits per heavy atom. The highest BCUT2D eigenvalue weighted by Gasteiger charge is 2.17. The SMILES string of the molecule is Cc1cccc(OC(=O)C(=O)CCC(=O)O)c1.Cc1cccc([N+]#N)c1.FB(F)F.O=C(O)CCC(=O)C(=O)O.[F-]. The van der Waals surface area contributed by atoms with Gasteiger partial charge in [-0.25, -0.2) is 9.59 Å². The van der Waals surface area contributed by atoms with Gasteiger partial charge < -0.3 is 24.8 Å². The Morgan fingerprint density at radius 3 is 1.59 bits per heavy atom. The van der Waals surface area contributed by atoms with E-state index >= 15 is 0 Å². The van der Waals surface area contributed by atoms with Gasteiger partial charge in [-0.1, -0.05) is 24.3 Å². The van der Waals surface area contributed by atoms with Crippen LogP contribution in [0, 0.1) is 19.2 Å². The molecular weight excluding hydrogens is 563 g/mol. The van der Waals surface area contributed by atoms with E-state index in [2.05, 4.69) is 4.98 Å². The number of hydrogen-bond acceptors (Lipinski definition) is 8. The Morgan fingerprint density at radius 1 is 0.780 bits per heavy atom. The largest absolute Gasteiger partial charge is 1.00 e. The fourth-order valence-corrected chi connectivity index (χ4v) is 2.18. The second-order valence-electron chi connectivity index (χ2n) is 7.33. The highest BCUT2D eigenvalue weighted by molar-refractivity contribution is 6.34. The van der Waals surface area contributed by atoms with Gasteiger partial charge in [0.15, 0.2) is 4.98 Å². The molecule has 0 aromatic heterocycles. The summed E-state index contributed by atoms with van der Waals surface area (Å²) in [6, 6.07) is 14.0. The lowest BCUT2D eigenvalue weighted by atomic mass is 10.2. The number of carboxylic acid groups (broad SMARTS) is 3. The minimum absolute atomic E-state index is 0. The molecule has 2 rings (SSSR count). The van der Waals surface area contributed by atoms with Crippen LogP contribution in [0.5, 0.6) is 5.75 Å². The van der Waals surface area contributed by atoms with Crippen LogP contribution in [0.25, 0.3) is 4.98 Å². The van der Waals surface area contributed by atoms with Crippen LogP contribution in [0.15, 0.2) is 48.5 Å². The molecule has 0 spiro atoms. The van der Waals surface area contributed by atoms with Crippen LogP contribution in [0.2, 0.25) is 0 Å². The third kappa shape index (κ3) is 24.9. The predicted octanol–water partition coefficient (Wildman–Crippen LogP) is 1.20. The number of Topliss-reactive ketones (excluding diaryl/α,β-unsaturated/α-hetero) is 2. The Kier molecular flexibility index (Phi) is 22.5. The van der Waals surface area contributed by atoms with E-state index in [0.717, 1.165) is 11.1 Å². The number of aliphatic carboxylic acids is 3. The zero-order valence-electron chi connectivity index (χ0n) is 21.6. The fourth-order valence-electron chi connectivity index (χ4n) is 2.18. The summed E-state index contributed by atoms with van der Waals surface area (Å²) in [7, 11) is -3.67. The molecule has 0 aliphatic rings. The average molecular weight is 588 g/mol. The molecule has 0 aliphatic heterocycles. The maximum Gasteiger partial charge on any atom is 0.762 e. The predicted molar refractivity (Wildman–Crippen MR) is 133 cm³/mol. The monoisotopic (exact) mass is 588 g/mol. The van der Waals surface area contributed by atoms with Crippen LogP contribution < -0.4 is 9.44 Å². The fraction of sp³-hybridized carbons (Fsp3) is 0.250. The summed E-state index contributed by atoms with van der Waals surface area (Å²) in [4.78, 5) is 65.5. The van der Waals surface area contributed by atoms with Crippen LogP contribution in [0.1, 0.15) is 36.8 Å². The molecule has 0 heterocycles. The first-order chi connectivity index (χ1) is 18.6. The van der Waals surface area contributed by atoms with E-state index in [1.165, 1.54) is 0 Å². The molecule has 3 N–H and O–H groups in total. The zero-order chi connectivity index (χ0) is 31.3. The number of carboxylic acids is 3. The van der Waals surface area contributed by atoms with Gasteiger partial charge in [-0.3, -0.25) is 32.1 Å². The lowest BCUT2D eigenvalue weighted by molar-refractivity contribution is -0.150. The van der Waals surface area contributed by atoms with E-state index in [1.807, 2.05) is 32.0 Å². The Bertz CT molecular complexity index is 1220. The number of carbonyl (C=O) groups is 6. The normalized spacial score (nSPS) is 8.68. The molecule has 0 fully saturated rings. The first-order valence-corrected chi connectivity index (χ1v) is 10.9. The quantitative estimate of drug-likeness (QED) is 0.0949. The van der Waals surface area contributed by atoms with E-state index in [-0.39, 0.29) is 23.3 Å². The minimum atomic E-state index is -3.67. The van der Waals surface area contributed by atoms with E-state index < -0.39 is 55.8 Å². The Balaban J connectivity index is -0.000000517. The molecule has 0 saturated carbocycles. The maximum absolute atomic E-state index is 11.3. The highest BCUT2D eigenvalue weighted by atomic mass is 19.4. The molecule has 0 radical (unpaired) electrons. The molecule has 222 valence electrons. The van der Waals surface area contributed by atoms with Gasteiger partial charge >= 0.3 is 37.1 Å². The number of hydrogen-bond donors (Lipinski definition) is 3. The summed E-state index contributed by atoms with van der Waals surface area (Å²) < 4.78 is 33.8. The van der Waals surface area contributed by atoms with E-state index in [1.54, 1.807) is 30.3 Å². The highest BCUT2D eigenvalue weighted by Crippen LogP contribution is 2.13. The van der Waals surface area contributed by atoms with Gasteiger partial charge in [0.2, 0.25) is 17.0 Å². The lowest BCUT2D eigenvalue weighted by Crippen LogP contribution is -3.00. The van der Waals surface area contributed by atoms with Crippen molar-refractivity contribution < 1.29 is 66.5 Å². The second kappa shape index (κ2) is 22.8. The van der Waals surface area contributed by atoms with Crippen molar-refractivity contribution in [2.75, 3.05) is 0 Å². The summed E-state index contributed by atoms with van der Waals surface area (Å²) in [6.07, 6.45) is -1.59. The van der Waals surface area contributed by atoms with Crippen molar-refractivity contribution in [3.63, 3.8) is 0 Å². The number of ether oxygens (including phenoxy) is 1. The lowest BCUT2D eigenvalue weighted by Gasteiger charge is -2.03. The van der Waals surface area contributed by atoms with Crippen molar-refractivity contribution in [2.45, 2.75) is 39.5 Å². The molecule has 12 nitrogen and oxygen atoms in total. The summed E-state index contributed by atoms with van der Waals surface area (Å²) in [6.45, 7) is 3.78. The number of esters is 1. The first kappa shape index (κ1) is 40.4. The van der Waals surface area contributed by atoms with E-state index in [4.69, 9.17) is 25.4 Å². The molecule has 0 saturated heterocycles. The van der Waals surface area contributed by atoms with Gasteiger partial charge in [-0.05, 0) is 37.1 Å². The number of benzene rings is 2. The van der Waals surface area contributed by atoms with Crippen LogP contribution in [0.4, 0.5) is 18.6 Å². The third-order valence-electron chi connectivity index (χ3n) is 3.92. The van der Waals surface area contributed by atoms with Crippen molar-refractivity contribution in [3.05, 3.63) is 64.6 Å². The minimum Gasteiger partial charge on any atom is -1.00 e. The standard InChI is InChI=1S/C12H12O5.C7H7N2.C5H6O5.BF3.FH/c1-8-3-2-4-9(7-8)17-12(16)10(13)5-6-11(14)15;1-6-3-2-4-7(5-6)9-8;6-3(5(9)10)1-2-4(7)8;2-1(3)4;/h2-4,7H,5-6H2,1H3,(H,14,15);2-5H,1H3;1-2H2,(H,7,8)(H,9,10);;1H/q;+1;;;/p-1. The van der Waals surface area contributed by atoms with Crippen LogP contribution in [0.3, 0.4) is 0 Å². The molecular formula is C24H25BF4N2O10. The maximum atomic E-state index is 11.3. The molecule has 2 aromatic carbocycles. The molecule has 0 bridgehead atoms. The number of halogens is 4. The number of nitrogens with zero attached hydrogens (tertiary/aromatic N) is 2. The molecule has 41 heavy (non-hydrogen) atoms. The first-order valence-electron chi connectivity index (χ1n) is 10.9. The third-order valence-corrected chi connectivity index (χ3v) is 3.92. The molecule has 17 heteroatoms. The van der Waals surface area contributed by atoms with Crippen molar-refractivity contribution in [3.8, 4) is 5.75 Å². The van der Waals surface area contributed by atoms with Gasteiger partial charge in [0.1, 0.15) is 5.75 Å². The molecule has 0 atom stereocenters. The molecule has 0 aliphatic carbocycles. The second-order valence-corrected chi connectivity index (χ2v) is 7.33. The number of ketones is 2. The Hall–Kier alpha value is -5.14. The number of aryl methyl sites for hydroxylation is 2. The van der Waals surface area contributed by atoms with Gasteiger partial charge in [-0.15, -0.1) is 0 Å². The number of diazo groups is 1. The molecule has 0 amide bonds. The van der Waals surface area contributed by atoms with Gasteiger partial charge in [0, 0.05) is 25.0 Å². The number of carbonyl (C=O) groups excluding carboxylic acids is 3. The van der Waals surface area contributed by atoms with Crippen molar-refractivity contribution in [1.29, 1.82) is 5.39 Å². The topological polar surface area (TPSA) is 200 Å². The van der Waals surface area contributed by atoms with Crippen LogP contribution in [-0.4, -0.2) is 58.3 Å². The van der Waals surface area contributed by atoms with Crippen molar-refractivity contribution in [2.24, 2.45) is 0 Å². The smallest absolute Gasteiger partial charge is 0.762 e. The Labute approximate surface area is 231 Å². The van der Waals surface area contributed by atoms with Crippen LogP contribution in [-0.2, 0) is 28.8 Å². The van der Waals surface area contributed by atoms with Gasteiger partial charge in [-0.2, -0.15) is 0 Å². The summed E-state index contributed by atoms with van der Waals surface area (Å²) >= 11 is 0. The average Bonchev–Trinajstić information content (AvgIpc) is 2.86.